The maximum atomic E-state index is 11.8. The van der Waals surface area contributed by atoms with Crippen molar-refractivity contribution in [1.29, 1.82) is 0 Å². The Balaban J connectivity index is 1.84. The van der Waals surface area contributed by atoms with E-state index < -0.39 is 0 Å². The van der Waals surface area contributed by atoms with Crippen molar-refractivity contribution in [2.45, 2.75) is 26.4 Å². The van der Waals surface area contributed by atoms with Gasteiger partial charge in [0.15, 0.2) is 0 Å². The van der Waals surface area contributed by atoms with Gasteiger partial charge in [-0.2, -0.15) is 0 Å². The number of aromatic nitrogens is 1. The third-order valence-corrected chi connectivity index (χ3v) is 3.16. The summed E-state index contributed by atoms with van der Waals surface area (Å²) >= 11 is 0. The molecule has 0 fully saturated rings. The van der Waals surface area contributed by atoms with Gasteiger partial charge >= 0.3 is 0 Å². The van der Waals surface area contributed by atoms with Crippen molar-refractivity contribution in [3.8, 4) is 5.75 Å². The minimum absolute atomic E-state index is 0.0672. The van der Waals surface area contributed by atoms with Gasteiger partial charge < -0.3 is 15.0 Å². The molecule has 4 heteroatoms. The smallest absolute Gasteiger partial charge is 0.253 e. The van der Waals surface area contributed by atoms with Crippen LogP contribution in [0.3, 0.4) is 0 Å². The van der Waals surface area contributed by atoms with Crippen LogP contribution >= 0.6 is 0 Å². The van der Waals surface area contributed by atoms with Crippen molar-refractivity contribution in [2.24, 2.45) is 5.73 Å². The van der Waals surface area contributed by atoms with Crippen LogP contribution in [-0.4, -0.2) is 11.2 Å². The number of aryl methyl sites for hydroxylation is 2. The molecule has 0 saturated carbocycles. The Bertz CT molecular complexity index is 620. The summed E-state index contributed by atoms with van der Waals surface area (Å²) in [6.45, 7) is 3.58. The SMILES string of the molecule is Cc1cccn(CCCOc2cccc(CN)c2)c1=O. The van der Waals surface area contributed by atoms with Crippen LogP contribution in [0.2, 0.25) is 0 Å². The van der Waals surface area contributed by atoms with E-state index in [-0.39, 0.29) is 5.56 Å². The van der Waals surface area contributed by atoms with Crippen molar-refractivity contribution < 1.29 is 4.74 Å². The maximum absolute atomic E-state index is 11.8. The van der Waals surface area contributed by atoms with E-state index in [0.717, 1.165) is 23.3 Å². The van der Waals surface area contributed by atoms with Crippen LogP contribution in [0.1, 0.15) is 17.5 Å². The number of pyridine rings is 1. The lowest BCUT2D eigenvalue weighted by Crippen LogP contribution is -2.22. The quantitative estimate of drug-likeness (QED) is 0.819. The molecule has 0 aliphatic rings. The van der Waals surface area contributed by atoms with Crippen LogP contribution < -0.4 is 16.0 Å². The number of nitrogens with two attached hydrogens (primary N) is 1. The Kier molecular flexibility index (Phi) is 4.96. The normalized spacial score (nSPS) is 10.5. The van der Waals surface area contributed by atoms with Gasteiger partial charge in [0.2, 0.25) is 0 Å². The number of hydrogen-bond donors (Lipinski definition) is 1. The molecule has 1 heterocycles. The van der Waals surface area contributed by atoms with E-state index in [1.54, 1.807) is 4.57 Å². The van der Waals surface area contributed by atoms with Crippen LogP contribution in [0.25, 0.3) is 0 Å². The zero-order chi connectivity index (χ0) is 14.4. The highest BCUT2D eigenvalue weighted by molar-refractivity contribution is 5.28. The molecule has 0 unspecified atom stereocenters. The number of nitrogens with zero attached hydrogens (tertiary/aromatic N) is 1. The van der Waals surface area contributed by atoms with Crippen LogP contribution in [0.15, 0.2) is 47.4 Å². The summed E-state index contributed by atoms with van der Waals surface area (Å²) in [7, 11) is 0. The van der Waals surface area contributed by atoms with Crippen molar-refractivity contribution in [2.75, 3.05) is 6.61 Å². The molecule has 0 atom stereocenters. The largest absolute Gasteiger partial charge is 0.494 e. The van der Waals surface area contributed by atoms with E-state index >= 15 is 0 Å². The molecular weight excluding hydrogens is 252 g/mol. The summed E-state index contributed by atoms with van der Waals surface area (Å²) in [5.41, 5.74) is 7.47. The second-order valence-electron chi connectivity index (χ2n) is 4.74. The van der Waals surface area contributed by atoms with Crippen LogP contribution in [0.4, 0.5) is 0 Å². The number of ether oxygens (including phenoxy) is 1. The first-order valence-electron chi connectivity index (χ1n) is 6.78. The summed E-state index contributed by atoms with van der Waals surface area (Å²) in [6.07, 6.45) is 2.60. The van der Waals surface area contributed by atoms with E-state index in [1.165, 1.54) is 0 Å². The Labute approximate surface area is 118 Å². The molecule has 0 bridgehead atoms. The first kappa shape index (κ1) is 14.3. The fourth-order valence-corrected chi connectivity index (χ4v) is 2.02. The molecular formula is C16H20N2O2. The molecule has 1 aromatic heterocycles. The fraction of sp³-hybridized carbons (Fsp3) is 0.312. The summed E-state index contributed by atoms with van der Waals surface area (Å²) < 4.78 is 7.39. The van der Waals surface area contributed by atoms with Crippen molar-refractivity contribution in [3.05, 3.63) is 64.1 Å². The highest BCUT2D eigenvalue weighted by atomic mass is 16.5. The highest BCUT2D eigenvalue weighted by Crippen LogP contribution is 2.13. The van der Waals surface area contributed by atoms with E-state index in [2.05, 4.69) is 0 Å². The average molecular weight is 272 g/mol. The highest BCUT2D eigenvalue weighted by Gasteiger charge is 1.99. The molecule has 2 rings (SSSR count). The summed E-state index contributed by atoms with van der Waals surface area (Å²) in [6, 6.07) is 11.5. The van der Waals surface area contributed by atoms with E-state index in [1.807, 2.05) is 49.5 Å². The monoisotopic (exact) mass is 272 g/mol. The first-order valence-corrected chi connectivity index (χ1v) is 6.78. The van der Waals surface area contributed by atoms with E-state index in [9.17, 15) is 4.79 Å². The van der Waals surface area contributed by atoms with Gasteiger partial charge in [-0.15, -0.1) is 0 Å². The average Bonchev–Trinajstić information content (AvgIpc) is 2.48. The van der Waals surface area contributed by atoms with Crippen LogP contribution in [-0.2, 0) is 13.1 Å². The first-order chi connectivity index (χ1) is 9.70. The number of benzene rings is 1. The molecule has 0 spiro atoms. The second-order valence-corrected chi connectivity index (χ2v) is 4.74. The number of hydrogen-bond acceptors (Lipinski definition) is 3. The Morgan fingerprint density at radius 3 is 2.90 bits per heavy atom. The van der Waals surface area contributed by atoms with Crippen LogP contribution in [0.5, 0.6) is 5.75 Å². The van der Waals surface area contributed by atoms with Crippen LogP contribution in [0, 0.1) is 6.92 Å². The predicted octanol–water partition coefficient (Wildman–Crippen LogP) is 2.08. The minimum atomic E-state index is 0.0672. The maximum Gasteiger partial charge on any atom is 0.253 e. The fourth-order valence-electron chi connectivity index (χ4n) is 2.02. The molecule has 2 N–H and O–H groups in total. The van der Waals surface area contributed by atoms with Gasteiger partial charge in [-0.25, -0.2) is 0 Å². The van der Waals surface area contributed by atoms with Gasteiger partial charge in [0.25, 0.3) is 5.56 Å². The number of rotatable bonds is 6. The van der Waals surface area contributed by atoms with Gasteiger partial charge in [0.05, 0.1) is 6.61 Å². The molecule has 20 heavy (non-hydrogen) atoms. The molecule has 0 amide bonds. The van der Waals surface area contributed by atoms with Gasteiger partial charge in [0.1, 0.15) is 5.75 Å². The molecule has 0 aliphatic heterocycles. The predicted molar refractivity (Wildman–Crippen MR) is 79.9 cm³/mol. The lowest BCUT2D eigenvalue weighted by atomic mass is 10.2. The molecule has 0 saturated heterocycles. The second kappa shape index (κ2) is 6.91. The van der Waals surface area contributed by atoms with Gasteiger partial charge in [-0.1, -0.05) is 18.2 Å². The molecule has 1 aromatic carbocycles. The summed E-state index contributed by atoms with van der Waals surface area (Å²) in [5, 5.41) is 0. The van der Waals surface area contributed by atoms with Crippen molar-refractivity contribution in [3.63, 3.8) is 0 Å². The zero-order valence-electron chi connectivity index (χ0n) is 11.7. The van der Waals surface area contributed by atoms with Gasteiger partial charge in [-0.05, 0) is 37.1 Å². The molecule has 2 aromatic rings. The van der Waals surface area contributed by atoms with E-state index in [0.29, 0.717) is 19.7 Å². The lowest BCUT2D eigenvalue weighted by Gasteiger charge is -2.09. The molecule has 0 radical (unpaired) electrons. The molecule has 106 valence electrons. The lowest BCUT2D eigenvalue weighted by molar-refractivity contribution is 0.300. The topological polar surface area (TPSA) is 57.2 Å². The minimum Gasteiger partial charge on any atom is -0.494 e. The van der Waals surface area contributed by atoms with Crippen molar-refractivity contribution >= 4 is 0 Å². The van der Waals surface area contributed by atoms with Crippen molar-refractivity contribution in [1.82, 2.24) is 4.57 Å². The summed E-state index contributed by atoms with van der Waals surface area (Å²) in [4.78, 5) is 11.8. The standard InChI is InChI=1S/C16H20N2O2/c1-13-5-3-8-18(16(13)19)9-4-10-20-15-7-2-6-14(11-15)12-17/h2-3,5-8,11H,4,9-10,12,17H2,1H3. The third-order valence-electron chi connectivity index (χ3n) is 3.16. The Hall–Kier alpha value is -2.07. The van der Waals surface area contributed by atoms with E-state index in [4.69, 9.17) is 10.5 Å². The van der Waals surface area contributed by atoms with Gasteiger partial charge in [0, 0.05) is 24.8 Å². The molecule has 0 aliphatic carbocycles. The van der Waals surface area contributed by atoms with Gasteiger partial charge in [-0.3, -0.25) is 4.79 Å². The Morgan fingerprint density at radius 1 is 1.25 bits per heavy atom. The Morgan fingerprint density at radius 2 is 2.10 bits per heavy atom. The molecule has 4 nitrogen and oxygen atoms in total. The zero-order valence-corrected chi connectivity index (χ0v) is 11.7. The third kappa shape index (κ3) is 3.71. The summed E-state index contributed by atoms with van der Waals surface area (Å²) in [5.74, 6) is 0.824.